The van der Waals surface area contributed by atoms with Crippen LogP contribution >= 0.6 is 0 Å². The van der Waals surface area contributed by atoms with Crippen LogP contribution in [-0.4, -0.2) is 35.6 Å². The van der Waals surface area contributed by atoms with Crippen LogP contribution in [0.2, 0.25) is 0 Å². The number of hydrogen-bond acceptors (Lipinski definition) is 4. The minimum atomic E-state index is 0.168. The van der Waals surface area contributed by atoms with Crippen LogP contribution in [0.5, 0.6) is 0 Å². The average Bonchev–Trinajstić information content (AvgIpc) is 3.09. The van der Waals surface area contributed by atoms with Crippen LogP contribution in [0, 0.1) is 5.92 Å². The summed E-state index contributed by atoms with van der Waals surface area (Å²) in [5.41, 5.74) is 2.84. The van der Waals surface area contributed by atoms with Gasteiger partial charge in [-0.25, -0.2) is 0 Å². The highest BCUT2D eigenvalue weighted by atomic mass is 16.5. The van der Waals surface area contributed by atoms with Crippen molar-refractivity contribution in [1.29, 1.82) is 0 Å². The molecule has 0 atom stereocenters. The second-order valence-electron chi connectivity index (χ2n) is 7.20. The van der Waals surface area contributed by atoms with Crippen LogP contribution in [0.15, 0.2) is 34.9 Å². The lowest BCUT2D eigenvalue weighted by Gasteiger charge is -2.25. The molecule has 0 saturated heterocycles. The first-order valence-corrected chi connectivity index (χ1v) is 10.1. The first-order chi connectivity index (χ1) is 13.0. The van der Waals surface area contributed by atoms with E-state index in [1.165, 1.54) is 0 Å². The fraction of sp³-hybridized carbons (Fsp3) is 0.545. The number of aromatic nitrogens is 1. The van der Waals surface area contributed by atoms with Crippen molar-refractivity contribution in [3.05, 3.63) is 35.9 Å². The fourth-order valence-electron chi connectivity index (χ4n) is 3.15. The van der Waals surface area contributed by atoms with Crippen molar-refractivity contribution >= 4 is 11.8 Å². The standard InChI is InChI=1S/C22H33N3O2/c1-6-20(26)25(15-14-17(4)5)16-19-21(18-12-10-9-11-13-18)23-27-22(19)24(7-2)8-3/h9-13,17H,6-8,14-16H2,1-5H3. The Hall–Kier alpha value is -2.30. The third-order valence-electron chi connectivity index (χ3n) is 4.85. The van der Waals surface area contributed by atoms with Crippen molar-refractivity contribution in [2.45, 2.75) is 54.0 Å². The summed E-state index contributed by atoms with van der Waals surface area (Å²) in [6.07, 6.45) is 1.49. The fourth-order valence-corrected chi connectivity index (χ4v) is 3.15. The minimum Gasteiger partial charge on any atom is -0.341 e. The average molecular weight is 372 g/mol. The number of hydrogen-bond donors (Lipinski definition) is 0. The molecular weight excluding hydrogens is 338 g/mol. The van der Waals surface area contributed by atoms with Crippen molar-refractivity contribution in [1.82, 2.24) is 10.1 Å². The van der Waals surface area contributed by atoms with E-state index in [-0.39, 0.29) is 5.91 Å². The molecule has 1 aromatic carbocycles. The maximum atomic E-state index is 12.6. The maximum Gasteiger partial charge on any atom is 0.232 e. The zero-order valence-corrected chi connectivity index (χ0v) is 17.4. The molecule has 5 nitrogen and oxygen atoms in total. The van der Waals surface area contributed by atoms with E-state index in [1.807, 2.05) is 42.2 Å². The van der Waals surface area contributed by atoms with Crippen molar-refractivity contribution in [2.75, 3.05) is 24.5 Å². The van der Waals surface area contributed by atoms with Gasteiger partial charge in [0, 0.05) is 31.6 Å². The Labute approximate surface area is 163 Å². The quantitative estimate of drug-likeness (QED) is 0.591. The van der Waals surface area contributed by atoms with Gasteiger partial charge in [0.1, 0.15) is 5.69 Å². The number of benzene rings is 1. The zero-order valence-electron chi connectivity index (χ0n) is 17.4. The topological polar surface area (TPSA) is 49.6 Å². The maximum absolute atomic E-state index is 12.6. The van der Waals surface area contributed by atoms with Gasteiger partial charge in [-0.2, -0.15) is 0 Å². The van der Waals surface area contributed by atoms with E-state index in [1.54, 1.807) is 0 Å². The Morgan fingerprint density at radius 1 is 1.11 bits per heavy atom. The lowest BCUT2D eigenvalue weighted by molar-refractivity contribution is -0.131. The second kappa shape index (κ2) is 10.1. The van der Waals surface area contributed by atoms with Crippen molar-refractivity contribution in [2.24, 2.45) is 5.92 Å². The van der Waals surface area contributed by atoms with Gasteiger partial charge in [0.05, 0.1) is 12.1 Å². The Balaban J connectivity index is 2.43. The van der Waals surface area contributed by atoms with E-state index < -0.39 is 0 Å². The first kappa shape index (κ1) is 21.0. The predicted octanol–water partition coefficient (Wildman–Crippen LogP) is 4.97. The van der Waals surface area contributed by atoms with Gasteiger partial charge in [0.2, 0.25) is 11.8 Å². The van der Waals surface area contributed by atoms with Gasteiger partial charge in [0.15, 0.2) is 0 Å². The molecule has 0 spiro atoms. The lowest BCUT2D eigenvalue weighted by atomic mass is 10.1. The van der Waals surface area contributed by atoms with Crippen LogP contribution < -0.4 is 4.90 Å². The molecule has 148 valence electrons. The monoisotopic (exact) mass is 371 g/mol. The summed E-state index contributed by atoms with van der Waals surface area (Å²) in [6, 6.07) is 10.1. The summed E-state index contributed by atoms with van der Waals surface area (Å²) < 4.78 is 5.77. The summed E-state index contributed by atoms with van der Waals surface area (Å²) in [6.45, 7) is 13.4. The smallest absolute Gasteiger partial charge is 0.232 e. The highest BCUT2D eigenvalue weighted by molar-refractivity contribution is 5.77. The van der Waals surface area contributed by atoms with Gasteiger partial charge in [-0.15, -0.1) is 0 Å². The van der Waals surface area contributed by atoms with Gasteiger partial charge in [-0.05, 0) is 26.2 Å². The zero-order chi connectivity index (χ0) is 19.8. The lowest BCUT2D eigenvalue weighted by Crippen LogP contribution is -2.32. The van der Waals surface area contributed by atoms with E-state index in [0.29, 0.717) is 18.9 Å². The molecule has 2 rings (SSSR count). The van der Waals surface area contributed by atoms with Gasteiger partial charge in [-0.1, -0.05) is 56.3 Å². The molecule has 0 aliphatic heterocycles. The molecule has 2 aromatic rings. The van der Waals surface area contributed by atoms with E-state index in [0.717, 1.165) is 48.8 Å². The molecule has 1 heterocycles. The van der Waals surface area contributed by atoms with Gasteiger partial charge >= 0.3 is 0 Å². The molecule has 1 amide bonds. The summed E-state index contributed by atoms with van der Waals surface area (Å²) in [5, 5.41) is 4.38. The third-order valence-corrected chi connectivity index (χ3v) is 4.85. The predicted molar refractivity (Wildman–Crippen MR) is 111 cm³/mol. The third kappa shape index (κ3) is 5.34. The Morgan fingerprint density at radius 2 is 1.78 bits per heavy atom. The number of carbonyl (C=O) groups excluding carboxylic acids is 1. The largest absolute Gasteiger partial charge is 0.341 e. The van der Waals surface area contributed by atoms with Crippen LogP contribution in [0.3, 0.4) is 0 Å². The normalized spacial score (nSPS) is 11.0. The SMILES string of the molecule is CCC(=O)N(CCC(C)C)Cc1c(-c2ccccc2)noc1N(CC)CC. The summed E-state index contributed by atoms with van der Waals surface area (Å²) in [4.78, 5) is 16.7. The van der Waals surface area contributed by atoms with Gasteiger partial charge < -0.3 is 14.3 Å². The molecule has 0 fully saturated rings. The van der Waals surface area contributed by atoms with E-state index in [2.05, 4.69) is 37.8 Å². The van der Waals surface area contributed by atoms with Gasteiger partial charge in [0.25, 0.3) is 0 Å². The van der Waals surface area contributed by atoms with E-state index in [9.17, 15) is 4.79 Å². The minimum absolute atomic E-state index is 0.168. The van der Waals surface area contributed by atoms with Crippen molar-refractivity contribution < 1.29 is 9.32 Å². The van der Waals surface area contributed by atoms with E-state index >= 15 is 0 Å². The molecule has 0 unspecified atom stereocenters. The summed E-state index contributed by atoms with van der Waals surface area (Å²) >= 11 is 0. The number of nitrogens with zero attached hydrogens (tertiary/aromatic N) is 3. The molecule has 0 N–H and O–H groups in total. The number of amides is 1. The molecule has 0 aliphatic rings. The molecule has 0 saturated carbocycles. The molecule has 5 heteroatoms. The molecule has 0 bridgehead atoms. The molecular formula is C22H33N3O2. The van der Waals surface area contributed by atoms with Crippen LogP contribution in [0.4, 0.5) is 5.88 Å². The highest BCUT2D eigenvalue weighted by Crippen LogP contribution is 2.32. The summed E-state index contributed by atoms with van der Waals surface area (Å²) in [7, 11) is 0. The molecule has 1 aromatic heterocycles. The highest BCUT2D eigenvalue weighted by Gasteiger charge is 2.24. The van der Waals surface area contributed by atoms with Gasteiger partial charge in [-0.3, -0.25) is 4.79 Å². The number of anilines is 1. The van der Waals surface area contributed by atoms with Crippen LogP contribution in [0.1, 0.15) is 53.0 Å². The Bertz CT molecular complexity index is 706. The van der Waals surface area contributed by atoms with Crippen LogP contribution in [-0.2, 0) is 11.3 Å². The second-order valence-corrected chi connectivity index (χ2v) is 7.20. The number of rotatable bonds is 10. The first-order valence-electron chi connectivity index (χ1n) is 10.1. The Kier molecular flexibility index (Phi) is 7.89. The van der Waals surface area contributed by atoms with Crippen molar-refractivity contribution in [3.63, 3.8) is 0 Å². The Morgan fingerprint density at radius 3 is 2.33 bits per heavy atom. The molecule has 0 aliphatic carbocycles. The van der Waals surface area contributed by atoms with Crippen LogP contribution in [0.25, 0.3) is 11.3 Å². The molecule has 27 heavy (non-hydrogen) atoms. The number of carbonyl (C=O) groups is 1. The van der Waals surface area contributed by atoms with Crippen molar-refractivity contribution in [3.8, 4) is 11.3 Å². The molecule has 0 radical (unpaired) electrons. The summed E-state index contributed by atoms with van der Waals surface area (Å²) in [5.74, 6) is 1.49. The van der Waals surface area contributed by atoms with E-state index in [4.69, 9.17) is 4.52 Å².